The van der Waals surface area contributed by atoms with Crippen molar-refractivity contribution < 1.29 is 23.4 Å². The topological polar surface area (TPSA) is 97.3 Å². The Balaban J connectivity index is 1.41. The lowest BCUT2D eigenvalue weighted by Crippen LogP contribution is -2.20. The fourth-order valence-corrected chi connectivity index (χ4v) is 5.90. The highest BCUT2D eigenvalue weighted by molar-refractivity contribution is 9.11. The van der Waals surface area contributed by atoms with E-state index in [2.05, 4.69) is 37.0 Å². The Morgan fingerprint density at radius 1 is 0.864 bits per heavy atom. The molecule has 222 valence electrons. The van der Waals surface area contributed by atoms with Gasteiger partial charge in [0, 0.05) is 20.1 Å². The van der Waals surface area contributed by atoms with Gasteiger partial charge in [0.2, 0.25) is 11.6 Å². The van der Waals surface area contributed by atoms with Gasteiger partial charge in [-0.2, -0.15) is 9.78 Å². The van der Waals surface area contributed by atoms with Gasteiger partial charge < -0.3 is 23.4 Å². The molecule has 0 saturated carbocycles. The quantitative estimate of drug-likeness (QED) is 0.141. The van der Waals surface area contributed by atoms with E-state index >= 15 is 0 Å². The molecule has 0 amide bonds. The second kappa shape index (κ2) is 12.6. The molecule has 0 N–H and O–H groups in total. The summed E-state index contributed by atoms with van der Waals surface area (Å²) in [4.78, 5) is 18.5. The summed E-state index contributed by atoms with van der Waals surface area (Å²) >= 11 is 7.04. The van der Waals surface area contributed by atoms with E-state index in [1.807, 2.05) is 42.5 Å². The second-order valence-corrected chi connectivity index (χ2v) is 11.3. The van der Waals surface area contributed by atoms with Crippen molar-refractivity contribution in [3.8, 4) is 34.6 Å². The number of fused-ring (bicyclic) bond motifs is 2. The van der Waals surface area contributed by atoms with Gasteiger partial charge in [-0.3, -0.25) is 4.79 Å². The Morgan fingerprint density at radius 2 is 1.61 bits per heavy atom. The SMILES string of the molecule is COc1cc(C=Nn2c(-c3cc4c(OC)cccc4o3)nc3ccccc3c2=O)cc(OC)c1OCc1ccc(Br)cc1Br. The molecule has 2 heterocycles. The number of hydrogen-bond acceptors (Lipinski definition) is 8. The van der Waals surface area contributed by atoms with Crippen LogP contribution in [0.2, 0.25) is 0 Å². The van der Waals surface area contributed by atoms with Crippen molar-refractivity contribution in [1.29, 1.82) is 0 Å². The maximum atomic E-state index is 13.7. The standard InChI is InChI=1S/C33H25Br2N3O6/c1-40-26-9-6-10-27-23(26)16-30(44-27)32-37-25-8-5-4-7-22(25)33(39)38(32)36-17-19-13-28(41-2)31(29(14-19)42-3)43-18-20-11-12-21(34)15-24(20)35/h4-17H,18H2,1-3H3. The van der Waals surface area contributed by atoms with Gasteiger partial charge in [-0.05, 0) is 54.6 Å². The van der Waals surface area contributed by atoms with Crippen molar-refractivity contribution in [1.82, 2.24) is 9.66 Å². The molecular formula is C33H25Br2N3O6. The molecule has 0 bridgehead atoms. The third kappa shape index (κ3) is 5.68. The molecule has 4 aromatic carbocycles. The van der Waals surface area contributed by atoms with Gasteiger partial charge in [-0.1, -0.05) is 56.1 Å². The first kappa shape index (κ1) is 29.5. The third-order valence-corrected chi connectivity index (χ3v) is 8.14. The summed E-state index contributed by atoms with van der Waals surface area (Å²) in [7, 11) is 4.68. The summed E-state index contributed by atoms with van der Waals surface area (Å²) in [5.74, 6) is 2.55. The average molecular weight is 719 g/mol. The van der Waals surface area contributed by atoms with Gasteiger partial charge in [0.05, 0.1) is 43.8 Å². The number of ether oxygens (including phenoxy) is 4. The minimum atomic E-state index is -0.353. The minimum Gasteiger partial charge on any atom is -0.496 e. The fourth-order valence-electron chi connectivity index (χ4n) is 4.74. The molecule has 6 rings (SSSR count). The number of aromatic nitrogens is 2. The van der Waals surface area contributed by atoms with E-state index in [1.54, 1.807) is 57.7 Å². The summed E-state index contributed by atoms with van der Waals surface area (Å²) in [6.07, 6.45) is 1.53. The molecule has 0 unspecified atom stereocenters. The van der Waals surface area contributed by atoms with E-state index in [0.29, 0.717) is 50.8 Å². The van der Waals surface area contributed by atoms with Crippen LogP contribution in [0.15, 0.2) is 102 Å². The normalized spacial score (nSPS) is 11.4. The van der Waals surface area contributed by atoms with E-state index in [-0.39, 0.29) is 18.0 Å². The van der Waals surface area contributed by atoms with Crippen LogP contribution in [0.1, 0.15) is 11.1 Å². The van der Waals surface area contributed by atoms with Crippen LogP contribution in [0.3, 0.4) is 0 Å². The van der Waals surface area contributed by atoms with Crippen LogP contribution in [-0.2, 0) is 6.61 Å². The highest BCUT2D eigenvalue weighted by Gasteiger charge is 2.19. The Kier molecular flexibility index (Phi) is 8.40. The Labute approximate surface area is 268 Å². The zero-order valence-corrected chi connectivity index (χ0v) is 27.0. The predicted molar refractivity (Wildman–Crippen MR) is 176 cm³/mol. The third-order valence-electron chi connectivity index (χ3n) is 6.91. The van der Waals surface area contributed by atoms with Crippen LogP contribution in [0.25, 0.3) is 33.5 Å². The van der Waals surface area contributed by atoms with Crippen LogP contribution < -0.4 is 24.5 Å². The van der Waals surface area contributed by atoms with Crippen molar-refractivity contribution in [3.63, 3.8) is 0 Å². The summed E-state index contributed by atoms with van der Waals surface area (Å²) < 4.78 is 32.1. The van der Waals surface area contributed by atoms with Crippen molar-refractivity contribution >= 4 is 59.9 Å². The van der Waals surface area contributed by atoms with Crippen LogP contribution >= 0.6 is 31.9 Å². The lowest BCUT2D eigenvalue weighted by atomic mass is 10.2. The predicted octanol–water partition coefficient (Wildman–Crippen LogP) is 7.82. The van der Waals surface area contributed by atoms with Gasteiger partial charge in [0.25, 0.3) is 5.56 Å². The summed E-state index contributed by atoms with van der Waals surface area (Å²) in [6.45, 7) is 0.276. The van der Waals surface area contributed by atoms with E-state index in [9.17, 15) is 4.79 Å². The number of furan rings is 1. The van der Waals surface area contributed by atoms with Crippen molar-refractivity contribution in [2.45, 2.75) is 6.61 Å². The molecule has 0 aliphatic heterocycles. The summed E-state index contributed by atoms with van der Waals surface area (Å²) in [5.41, 5.74) is 2.31. The van der Waals surface area contributed by atoms with E-state index in [4.69, 9.17) is 28.3 Å². The highest BCUT2D eigenvalue weighted by atomic mass is 79.9. The van der Waals surface area contributed by atoms with Crippen LogP contribution in [0, 0.1) is 0 Å². The number of nitrogens with zero attached hydrogens (tertiary/aromatic N) is 3. The number of benzene rings is 4. The van der Waals surface area contributed by atoms with Crippen molar-refractivity contribution in [2.75, 3.05) is 21.3 Å². The second-order valence-electron chi connectivity index (χ2n) is 9.58. The lowest BCUT2D eigenvalue weighted by molar-refractivity contribution is 0.265. The summed E-state index contributed by atoms with van der Waals surface area (Å²) in [5, 5.41) is 5.74. The van der Waals surface area contributed by atoms with Gasteiger partial charge in [-0.25, -0.2) is 4.98 Å². The monoisotopic (exact) mass is 717 g/mol. The van der Waals surface area contributed by atoms with Crippen LogP contribution in [-0.4, -0.2) is 37.2 Å². The molecule has 6 aromatic rings. The Bertz CT molecular complexity index is 2080. The van der Waals surface area contributed by atoms with Gasteiger partial charge in [-0.15, -0.1) is 0 Å². The smallest absolute Gasteiger partial charge is 0.282 e. The molecular weight excluding hydrogens is 694 g/mol. The summed E-state index contributed by atoms with van der Waals surface area (Å²) in [6, 6.07) is 23.7. The van der Waals surface area contributed by atoms with Gasteiger partial charge in [0.15, 0.2) is 17.3 Å². The molecule has 2 aromatic heterocycles. The van der Waals surface area contributed by atoms with Crippen molar-refractivity contribution in [2.24, 2.45) is 5.10 Å². The van der Waals surface area contributed by atoms with E-state index in [0.717, 1.165) is 19.9 Å². The maximum absolute atomic E-state index is 13.7. The first-order valence-corrected chi connectivity index (χ1v) is 14.9. The Hall–Kier alpha value is -4.61. The van der Waals surface area contributed by atoms with E-state index in [1.165, 1.54) is 10.9 Å². The molecule has 0 radical (unpaired) electrons. The first-order chi connectivity index (χ1) is 21.4. The van der Waals surface area contributed by atoms with E-state index < -0.39 is 0 Å². The number of rotatable bonds is 9. The molecule has 0 fully saturated rings. The number of hydrogen-bond donors (Lipinski definition) is 0. The lowest BCUT2D eigenvalue weighted by Gasteiger charge is -2.16. The van der Waals surface area contributed by atoms with Gasteiger partial charge >= 0.3 is 0 Å². The number of para-hydroxylation sites is 1. The molecule has 0 saturated heterocycles. The Morgan fingerprint density at radius 3 is 2.34 bits per heavy atom. The van der Waals surface area contributed by atoms with Crippen molar-refractivity contribution in [3.05, 3.63) is 109 Å². The van der Waals surface area contributed by atoms with Crippen LogP contribution in [0.5, 0.6) is 23.0 Å². The molecule has 0 aliphatic carbocycles. The molecule has 0 aliphatic rings. The zero-order chi connectivity index (χ0) is 30.8. The molecule has 44 heavy (non-hydrogen) atoms. The fraction of sp³-hybridized carbons (Fsp3) is 0.121. The average Bonchev–Trinajstić information content (AvgIpc) is 3.48. The molecule has 0 spiro atoms. The molecule has 9 nitrogen and oxygen atoms in total. The number of methoxy groups -OCH3 is 3. The number of halogens is 2. The highest BCUT2D eigenvalue weighted by Crippen LogP contribution is 2.39. The van der Waals surface area contributed by atoms with Gasteiger partial charge in [0.1, 0.15) is 17.9 Å². The molecule has 11 heteroatoms. The maximum Gasteiger partial charge on any atom is 0.282 e. The first-order valence-electron chi connectivity index (χ1n) is 13.4. The van der Waals surface area contributed by atoms with Crippen LogP contribution in [0.4, 0.5) is 0 Å². The zero-order valence-electron chi connectivity index (χ0n) is 23.8. The largest absolute Gasteiger partial charge is 0.496 e. The molecule has 0 atom stereocenters. The minimum absolute atomic E-state index is 0.238.